The quantitative estimate of drug-likeness (QED) is 0.239. The molecule has 0 bridgehead atoms. The van der Waals surface area contributed by atoms with Crippen molar-refractivity contribution in [1.82, 2.24) is 5.32 Å². The molecule has 0 spiro atoms. The van der Waals surface area contributed by atoms with E-state index in [1.807, 2.05) is 97.9 Å². The zero-order valence-electron chi connectivity index (χ0n) is 23.3. The van der Waals surface area contributed by atoms with Gasteiger partial charge in [0.25, 0.3) is 0 Å². The Bertz CT molecular complexity index is 1040. The first-order valence-electron chi connectivity index (χ1n) is 11.7. The maximum absolute atomic E-state index is 10.2. The summed E-state index contributed by atoms with van der Waals surface area (Å²) in [6.07, 6.45) is 0. The van der Waals surface area contributed by atoms with Gasteiger partial charge < -0.3 is 20.7 Å². The van der Waals surface area contributed by atoms with E-state index in [4.69, 9.17) is 34.4 Å². The second-order valence-corrected chi connectivity index (χ2v) is 10.5. The minimum atomic E-state index is -0.328. The van der Waals surface area contributed by atoms with Crippen LogP contribution in [0.4, 0.5) is 11.4 Å². The molecule has 0 atom stereocenters. The Morgan fingerprint density at radius 1 is 0.872 bits per heavy atom. The van der Waals surface area contributed by atoms with Crippen molar-refractivity contribution in [3.8, 4) is 6.07 Å². The van der Waals surface area contributed by atoms with E-state index >= 15 is 0 Å². The standard InChI is InChI=1S/C10H10N2S.C8H9NS.C6H12O2.C4H9NS.2CH4/c1-7-5-10(12-8(2)13)4-3-9(7)6-11;1-7(10)9-8-5-3-2-4-6-8;1-5(7)8-6(2,3)4;1-3-5-4(2)6;;/h3-5H,1-2H3,(H,12,13);2-6H,1H3,(H,9,10);1-4H3;3H2,1-2H3,(H,5,6);2*1H4. The van der Waals surface area contributed by atoms with Gasteiger partial charge in [-0.2, -0.15) is 5.26 Å². The number of anilines is 2. The molecule has 0 aliphatic rings. The normalized spacial score (nSPS) is 8.72. The Morgan fingerprint density at radius 2 is 1.36 bits per heavy atom. The van der Waals surface area contributed by atoms with Gasteiger partial charge in [-0.25, -0.2) is 0 Å². The molecule has 9 heteroatoms. The van der Waals surface area contributed by atoms with E-state index in [2.05, 4.69) is 34.2 Å². The number of hydrogen-bond acceptors (Lipinski definition) is 6. The van der Waals surface area contributed by atoms with Crippen LogP contribution in [0.5, 0.6) is 0 Å². The van der Waals surface area contributed by atoms with Crippen molar-refractivity contribution in [3.63, 3.8) is 0 Å². The zero-order valence-corrected chi connectivity index (χ0v) is 25.8. The molecular formula is C30H48N4O2S3. The predicted octanol–water partition coefficient (Wildman–Crippen LogP) is 8.64. The summed E-state index contributed by atoms with van der Waals surface area (Å²) in [5.74, 6) is -0.225. The number of aryl methyl sites for hydroxylation is 1. The van der Waals surface area contributed by atoms with Crippen LogP contribution >= 0.6 is 36.7 Å². The van der Waals surface area contributed by atoms with Crippen molar-refractivity contribution < 1.29 is 9.53 Å². The third-order valence-electron chi connectivity index (χ3n) is 3.64. The van der Waals surface area contributed by atoms with E-state index in [9.17, 15) is 4.79 Å². The van der Waals surface area contributed by atoms with Crippen molar-refractivity contribution >= 4 is 69.0 Å². The second-order valence-electron chi connectivity index (χ2n) is 8.66. The SMILES string of the molecule is C.C.CC(=O)OC(C)(C)C.CC(=S)Nc1ccc(C#N)c(C)c1.CC(=S)Nc1ccccc1.CCNC(C)=S. The maximum atomic E-state index is 10.2. The van der Waals surface area contributed by atoms with Crippen LogP contribution in [0, 0.1) is 18.3 Å². The van der Waals surface area contributed by atoms with E-state index in [1.54, 1.807) is 6.07 Å². The molecule has 0 saturated heterocycles. The summed E-state index contributed by atoms with van der Waals surface area (Å²) in [6, 6.07) is 17.5. The number of carbonyl (C=O) groups is 1. The van der Waals surface area contributed by atoms with Crippen LogP contribution in [0.1, 0.15) is 81.4 Å². The van der Waals surface area contributed by atoms with Gasteiger partial charge in [0.15, 0.2) is 0 Å². The fourth-order valence-corrected chi connectivity index (χ4v) is 2.86. The summed E-state index contributed by atoms with van der Waals surface area (Å²) in [4.78, 5) is 12.6. The van der Waals surface area contributed by atoms with Crippen molar-refractivity contribution in [3.05, 3.63) is 59.7 Å². The minimum absolute atomic E-state index is 0. The smallest absolute Gasteiger partial charge is 0.303 e. The molecule has 0 saturated carbocycles. The van der Waals surface area contributed by atoms with Gasteiger partial charge in [0.2, 0.25) is 0 Å². The van der Waals surface area contributed by atoms with Crippen LogP contribution in [-0.2, 0) is 9.53 Å². The van der Waals surface area contributed by atoms with Crippen LogP contribution in [0.2, 0.25) is 0 Å². The first-order chi connectivity index (χ1) is 17.1. The molecule has 0 unspecified atom stereocenters. The monoisotopic (exact) mass is 592 g/mol. The number of carbonyl (C=O) groups excluding carboxylic acids is 1. The minimum Gasteiger partial charge on any atom is -0.460 e. The topological polar surface area (TPSA) is 86.2 Å². The van der Waals surface area contributed by atoms with Gasteiger partial charge in [0.05, 0.1) is 26.6 Å². The van der Waals surface area contributed by atoms with E-state index in [0.717, 1.165) is 38.4 Å². The second kappa shape index (κ2) is 24.1. The average molecular weight is 593 g/mol. The van der Waals surface area contributed by atoms with Gasteiger partial charge in [-0.3, -0.25) is 4.79 Å². The number of rotatable bonds is 3. The molecule has 0 aliphatic carbocycles. The number of nitrogens with zero attached hydrogens (tertiary/aromatic N) is 1. The lowest BCUT2D eigenvalue weighted by atomic mass is 10.1. The number of para-hydroxylation sites is 1. The lowest BCUT2D eigenvalue weighted by Gasteiger charge is -2.17. The molecule has 6 nitrogen and oxygen atoms in total. The first kappa shape index (κ1) is 43.1. The summed E-state index contributed by atoms with van der Waals surface area (Å²) >= 11 is 14.5. The zero-order chi connectivity index (χ0) is 29.0. The number of ether oxygens (including phenoxy) is 1. The summed E-state index contributed by atoms with van der Waals surface area (Å²) < 4.78 is 4.80. The van der Waals surface area contributed by atoms with Crippen molar-refractivity contribution in [2.24, 2.45) is 0 Å². The molecule has 0 radical (unpaired) electrons. The molecule has 0 aromatic heterocycles. The van der Waals surface area contributed by atoms with Gasteiger partial charge in [-0.15, -0.1) is 0 Å². The van der Waals surface area contributed by atoms with E-state index in [0.29, 0.717) is 5.56 Å². The number of benzene rings is 2. The summed E-state index contributed by atoms with van der Waals surface area (Å²) in [7, 11) is 0. The summed E-state index contributed by atoms with van der Waals surface area (Å²) in [6.45, 7) is 17.4. The van der Waals surface area contributed by atoms with Crippen LogP contribution < -0.4 is 16.0 Å². The molecular weight excluding hydrogens is 545 g/mol. The van der Waals surface area contributed by atoms with Gasteiger partial charge >= 0.3 is 5.97 Å². The summed E-state index contributed by atoms with van der Waals surface area (Å²) in [5.41, 5.74) is 3.32. The molecule has 0 aliphatic heterocycles. The number of nitrogens with one attached hydrogen (secondary N) is 3. The lowest BCUT2D eigenvalue weighted by molar-refractivity contribution is -0.151. The van der Waals surface area contributed by atoms with Crippen LogP contribution in [0.25, 0.3) is 0 Å². The Balaban J connectivity index is -0.000000214. The highest BCUT2D eigenvalue weighted by molar-refractivity contribution is 7.80. The molecule has 0 heterocycles. The van der Waals surface area contributed by atoms with Gasteiger partial charge in [0, 0.05) is 24.8 Å². The van der Waals surface area contributed by atoms with Gasteiger partial charge in [-0.1, -0.05) is 69.7 Å². The van der Waals surface area contributed by atoms with Crippen molar-refractivity contribution in [2.45, 2.75) is 82.8 Å². The molecule has 3 N–H and O–H groups in total. The lowest BCUT2D eigenvalue weighted by Crippen LogP contribution is -2.21. The van der Waals surface area contributed by atoms with E-state index in [-0.39, 0.29) is 26.4 Å². The molecule has 0 amide bonds. The third-order valence-corrected chi connectivity index (χ3v) is 3.99. The Labute approximate surface area is 253 Å². The fraction of sp³-hybridized carbons (Fsp3) is 0.433. The largest absolute Gasteiger partial charge is 0.460 e. The highest BCUT2D eigenvalue weighted by atomic mass is 32.1. The highest BCUT2D eigenvalue weighted by Crippen LogP contribution is 2.14. The molecule has 39 heavy (non-hydrogen) atoms. The Hall–Kier alpha value is -2.93. The fourth-order valence-electron chi connectivity index (χ4n) is 2.48. The van der Waals surface area contributed by atoms with E-state index in [1.165, 1.54) is 6.92 Å². The Morgan fingerprint density at radius 3 is 1.64 bits per heavy atom. The first-order valence-corrected chi connectivity index (χ1v) is 12.9. The molecule has 2 rings (SSSR count). The predicted molar refractivity (Wildman–Crippen MR) is 183 cm³/mol. The molecule has 218 valence electrons. The summed E-state index contributed by atoms with van der Waals surface area (Å²) in [5, 5.41) is 17.7. The van der Waals surface area contributed by atoms with Gasteiger partial charge in [0.1, 0.15) is 5.60 Å². The average Bonchev–Trinajstić information content (AvgIpc) is 2.73. The Kier molecular flexibility index (Phi) is 26.7. The molecule has 2 aromatic rings. The van der Waals surface area contributed by atoms with Crippen LogP contribution in [-0.4, -0.2) is 33.1 Å². The highest BCUT2D eigenvalue weighted by Gasteiger charge is 2.11. The third kappa shape index (κ3) is 29.5. The molecule has 0 fully saturated rings. The number of nitriles is 1. The maximum Gasteiger partial charge on any atom is 0.303 e. The van der Waals surface area contributed by atoms with Crippen molar-refractivity contribution in [1.29, 1.82) is 5.26 Å². The van der Waals surface area contributed by atoms with E-state index < -0.39 is 0 Å². The number of esters is 1. The number of hydrogen-bond donors (Lipinski definition) is 3. The van der Waals surface area contributed by atoms with Crippen LogP contribution in [0.15, 0.2) is 48.5 Å². The van der Waals surface area contributed by atoms with Gasteiger partial charge in [-0.05, 0) is 91.3 Å². The molecule has 2 aromatic carbocycles. The van der Waals surface area contributed by atoms with Crippen molar-refractivity contribution in [2.75, 3.05) is 17.2 Å². The number of thiocarbonyl (C=S) groups is 3. The van der Waals surface area contributed by atoms with Crippen LogP contribution in [0.3, 0.4) is 0 Å².